The lowest BCUT2D eigenvalue weighted by Crippen LogP contribution is -2.25. The summed E-state index contributed by atoms with van der Waals surface area (Å²) >= 11 is 4.83. The van der Waals surface area contributed by atoms with Crippen molar-refractivity contribution in [3.05, 3.63) is 41.6 Å². The zero-order valence-corrected chi connectivity index (χ0v) is 8.24. The van der Waals surface area contributed by atoms with Crippen molar-refractivity contribution in [1.29, 1.82) is 0 Å². The first kappa shape index (κ1) is 8.90. The van der Waals surface area contributed by atoms with E-state index in [-0.39, 0.29) is 5.11 Å². The number of fused-ring (bicyclic) bond motifs is 1. The van der Waals surface area contributed by atoms with Crippen LogP contribution < -0.4 is 5.73 Å². The van der Waals surface area contributed by atoms with Crippen LogP contribution in [0.4, 0.5) is 0 Å². The molecular formula is C10H9N3S. The summed E-state index contributed by atoms with van der Waals surface area (Å²) in [6.07, 6.45) is 5.43. The van der Waals surface area contributed by atoms with Crippen molar-refractivity contribution in [3.8, 4) is 0 Å². The normalized spacial score (nSPS) is 13.6. The number of nitrogens with two attached hydrogens (primary N) is 1. The van der Waals surface area contributed by atoms with Crippen LogP contribution in [0.15, 0.2) is 35.6 Å². The minimum atomic E-state index is 0.241. The Morgan fingerprint density at radius 3 is 2.71 bits per heavy atom. The predicted molar refractivity (Wildman–Crippen MR) is 61.7 cm³/mol. The molecule has 3 nitrogen and oxygen atoms in total. The molecule has 0 fully saturated rings. The van der Waals surface area contributed by atoms with Crippen LogP contribution in [0.3, 0.4) is 0 Å². The van der Waals surface area contributed by atoms with Crippen LogP contribution in [0.1, 0.15) is 11.1 Å². The number of nitrogens with zero attached hydrogens (tertiary/aromatic N) is 2. The van der Waals surface area contributed by atoms with E-state index in [1.165, 1.54) is 5.01 Å². The number of benzene rings is 1. The van der Waals surface area contributed by atoms with Crippen molar-refractivity contribution >= 4 is 29.6 Å². The van der Waals surface area contributed by atoms with Crippen molar-refractivity contribution < 1.29 is 0 Å². The Kier molecular flexibility index (Phi) is 2.28. The lowest BCUT2D eigenvalue weighted by Gasteiger charge is -2.08. The van der Waals surface area contributed by atoms with Gasteiger partial charge in [0.05, 0.1) is 6.21 Å². The van der Waals surface area contributed by atoms with Crippen LogP contribution in [-0.2, 0) is 0 Å². The lowest BCUT2D eigenvalue weighted by molar-refractivity contribution is 0.616. The molecule has 2 N–H and O–H groups in total. The molecule has 0 spiro atoms. The second-order valence-corrected chi connectivity index (χ2v) is 3.29. The summed E-state index contributed by atoms with van der Waals surface area (Å²) in [6.45, 7) is 0. The molecule has 0 aliphatic carbocycles. The number of rotatable bonds is 0. The van der Waals surface area contributed by atoms with Crippen molar-refractivity contribution in [2.75, 3.05) is 0 Å². The van der Waals surface area contributed by atoms with Crippen LogP contribution in [0.25, 0.3) is 6.08 Å². The van der Waals surface area contributed by atoms with E-state index in [0.29, 0.717) is 0 Å². The summed E-state index contributed by atoms with van der Waals surface area (Å²) in [4.78, 5) is 0. The molecule has 0 bridgehead atoms. The molecular weight excluding hydrogens is 194 g/mol. The van der Waals surface area contributed by atoms with Crippen molar-refractivity contribution in [2.24, 2.45) is 10.8 Å². The van der Waals surface area contributed by atoms with E-state index in [2.05, 4.69) is 5.10 Å². The van der Waals surface area contributed by atoms with Gasteiger partial charge in [0.15, 0.2) is 5.11 Å². The maximum atomic E-state index is 5.46. The maximum absolute atomic E-state index is 5.46. The third kappa shape index (κ3) is 1.65. The Labute approximate surface area is 87.5 Å². The zero-order chi connectivity index (χ0) is 9.97. The maximum Gasteiger partial charge on any atom is 0.191 e. The topological polar surface area (TPSA) is 41.6 Å². The summed E-state index contributed by atoms with van der Waals surface area (Å²) < 4.78 is 0. The fourth-order valence-electron chi connectivity index (χ4n) is 1.22. The van der Waals surface area contributed by atoms with E-state index < -0.39 is 0 Å². The van der Waals surface area contributed by atoms with E-state index in [1.807, 2.05) is 30.3 Å². The van der Waals surface area contributed by atoms with Gasteiger partial charge in [-0.05, 0) is 23.9 Å². The summed E-state index contributed by atoms with van der Waals surface area (Å²) in [5.74, 6) is 0. The Hall–Kier alpha value is -1.68. The monoisotopic (exact) mass is 203 g/mol. The first-order valence-corrected chi connectivity index (χ1v) is 4.58. The summed E-state index contributed by atoms with van der Waals surface area (Å²) in [6, 6.07) is 7.95. The molecule has 0 aromatic heterocycles. The quantitative estimate of drug-likeness (QED) is 0.650. The van der Waals surface area contributed by atoms with Gasteiger partial charge >= 0.3 is 0 Å². The molecule has 4 heteroatoms. The molecule has 1 aliphatic heterocycles. The summed E-state index contributed by atoms with van der Waals surface area (Å²) in [5, 5.41) is 5.83. The van der Waals surface area contributed by atoms with E-state index in [9.17, 15) is 0 Å². The third-order valence-electron chi connectivity index (χ3n) is 1.94. The first-order chi connectivity index (χ1) is 6.77. The minimum absolute atomic E-state index is 0.241. The summed E-state index contributed by atoms with van der Waals surface area (Å²) in [5.41, 5.74) is 7.63. The third-order valence-corrected chi connectivity index (χ3v) is 2.13. The van der Waals surface area contributed by atoms with Gasteiger partial charge in [0.2, 0.25) is 0 Å². The molecule has 70 valence electrons. The highest BCUT2D eigenvalue weighted by Crippen LogP contribution is 2.12. The van der Waals surface area contributed by atoms with E-state index in [0.717, 1.165) is 11.1 Å². The van der Waals surface area contributed by atoms with Gasteiger partial charge in [0, 0.05) is 11.8 Å². The Morgan fingerprint density at radius 2 is 2.00 bits per heavy atom. The van der Waals surface area contributed by atoms with Gasteiger partial charge in [-0.25, -0.2) is 5.01 Å². The van der Waals surface area contributed by atoms with Gasteiger partial charge in [-0.15, -0.1) is 0 Å². The molecule has 1 heterocycles. The highest BCUT2D eigenvalue weighted by Gasteiger charge is 2.04. The molecule has 0 saturated heterocycles. The van der Waals surface area contributed by atoms with Gasteiger partial charge in [0.25, 0.3) is 0 Å². The van der Waals surface area contributed by atoms with Gasteiger partial charge in [-0.3, -0.25) is 0 Å². The molecule has 2 rings (SSSR count). The average Bonchev–Trinajstić information content (AvgIpc) is 2.39. The van der Waals surface area contributed by atoms with E-state index >= 15 is 0 Å². The zero-order valence-electron chi connectivity index (χ0n) is 7.42. The number of hydrazone groups is 1. The largest absolute Gasteiger partial charge is 0.374 e. The van der Waals surface area contributed by atoms with E-state index in [4.69, 9.17) is 18.0 Å². The van der Waals surface area contributed by atoms with Gasteiger partial charge in [-0.2, -0.15) is 5.10 Å². The van der Waals surface area contributed by atoms with Gasteiger partial charge in [0.1, 0.15) is 0 Å². The Bertz CT molecular complexity index is 390. The number of hydrogen-bond donors (Lipinski definition) is 1. The summed E-state index contributed by atoms with van der Waals surface area (Å²) in [7, 11) is 0. The standard InChI is InChI=1S/C10H9N3S/c11-10(14)13-6-5-8-3-1-2-4-9(8)7-12-13/h1-7H,(H2,11,14). The molecule has 1 aliphatic rings. The SMILES string of the molecule is NC(=S)N1C=Cc2ccccc2C=N1. The second-order valence-electron chi connectivity index (χ2n) is 2.87. The highest BCUT2D eigenvalue weighted by atomic mass is 32.1. The van der Waals surface area contributed by atoms with Crippen molar-refractivity contribution in [1.82, 2.24) is 5.01 Å². The van der Waals surface area contributed by atoms with Crippen LogP contribution >= 0.6 is 12.2 Å². The molecule has 0 unspecified atom stereocenters. The molecule has 1 aromatic carbocycles. The van der Waals surface area contributed by atoms with Crippen LogP contribution in [0, 0.1) is 0 Å². The van der Waals surface area contributed by atoms with Crippen LogP contribution in [0.2, 0.25) is 0 Å². The predicted octanol–water partition coefficient (Wildman–Crippen LogP) is 1.55. The van der Waals surface area contributed by atoms with Gasteiger partial charge in [-0.1, -0.05) is 24.3 Å². The molecule has 0 atom stereocenters. The average molecular weight is 203 g/mol. The first-order valence-electron chi connectivity index (χ1n) is 4.17. The Morgan fingerprint density at radius 1 is 1.29 bits per heavy atom. The Balaban J connectivity index is 2.42. The number of thiocarbonyl (C=S) groups is 1. The van der Waals surface area contributed by atoms with Gasteiger partial charge < -0.3 is 5.73 Å². The number of hydrogen-bond acceptors (Lipinski definition) is 2. The van der Waals surface area contributed by atoms with Crippen molar-refractivity contribution in [3.63, 3.8) is 0 Å². The second kappa shape index (κ2) is 3.59. The molecule has 14 heavy (non-hydrogen) atoms. The molecule has 0 radical (unpaired) electrons. The fourth-order valence-corrected chi connectivity index (χ4v) is 1.33. The highest BCUT2D eigenvalue weighted by molar-refractivity contribution is 7.80. The van der Waals surface area contributed by atoms with Crippen molar-refractivity contribution in [2.45, 2.75) is 0 Å². The van der Waals surface area contributed by atoms with E-state index in [1.54, 1.807) is 12.4 Å². The van der Waals surface area contributed by atoms with Crippen LogP contribution in [0.5, 0.6) is 0 Å². The van der Waals surface area contributed by atoms with Crippen LogP contribution in [-0.4, -0.2) is 16.3 Å². The minimum Gasteiger partial charge on any atom is -0.374 e. The fraction of sp³-hybridized carbons (Fsp3) is 0. The lowest BCUT2D eigenvalue weighted by atomic mass is 10.1. The molecule has 1 aromatic rings. The molecule has 0 amide bonds. The molecule has 0 saturated carbocycles. The smallest absolute Gasteiger partial charge is 0.191 e.